The minimum absolute atomic E-state index is 0.182. The summed E-state index contributed by atoms with van der Waals surface area (Å²) in [7, 11) is 2.19. The molecule has 0 saturated carbocycles. The van der Waals surface area contributed by atoms with Gasteiger partial charge in [0.1, 0.15) is 0 Å². The van der Waals surface area contributed by atoms with Crippen LogP contribution in [0.4, 0.5) is 5.69 Å². The highest BCUT2D eigenvalue weighted by atomic mass is 79.9. The number of alkyl halides is 1. The number of hydrogen-bond donors (Lipinski definition) is 0. The molecule has 0 radical (unpaired) electrons. The Bertz CT molecular complexity index is 434. The first-order valence-electron chi connectivity index (χ1n) is 6.25. The van der Waals surface area contributed by atoms with Crippen molar-refractivity contribution in [1.82, 2.24) is 4.90 Å². The van der Waals surface area contributed by atoms with E-state index in [9.17, 15) is 0 Å². The molecule has 0 atom stereocenters. The average molecular weight is 332 g/mol. The van der Waals surface area contributed by atoms with Gasteiger partial charge in [0, 0.05) is 30.5 Å². The van der Waals surface area contributed by atoms with Crippen molar-refractivity contribution in [3.63, 3.8) is 0 Å². The molecule has 1 aromatic rings. The van der Waals surface area contributed by atoms with Gasteiger partial charge in [-0.15, -0.1) is 0 Å². The van der Waals surface area contributed by atoms with Crippen LogP contribution in [0.2, 0.25) is 5.02 Å². The van der Waals surface area contributed by atoms with Crippen LogP contribution < -0.4 is 4.90 Å². The lowest BCUT2D eigenvalue weighted by atomic mass is 9.98. The topological polar surface area (TPSA) is 6.48 Å². The molecule has 0 bridgehead atoms. The summed E-state index contributed by atoms with van der Waals surface area (Å²) in [5.41, 5.74) is 2.64. The predicted molar refractivity (Wildman–Crippen MR) is 83.0 cm³/mol. The molecule has 0 amide bonds. The molecule has 0 unspecified atom stereocenters. The third-order valence-electron chi connectivity index (χ3n) is 3.85. The molecule has 1 fully saturated rings. The van der Waals surface area contributed by atoms with Gasteiger partial charge in [-0.05, 0) is 32.5 Å². The molecule has 18 heavy (non-hydrogen) atoms. The predicted octanol–water partition coefficient (Wildman–Crippen LogP) is 3.77. The van der Waals surface area contributed by atoms with E-state index >= 15 is 0 Å². The number of para-hydroxylation sites is 1. The van der Waals surface area contributed by atoms with Gasteiger partial charge in [0.2, 0.25) is 0 Å². The summed E-state index contributed by atoms with van der Waals surface area (Å²) >= 11 is 9.95. The highest BCUT2D eigenvalue weighted by Crippen LogP contribution is 2.34. The molecule has 1 aromatic carbocycles. The van der Waals surface area contributed by atoms with Crippen molar-refractivity contribution in [2.75, 3.05) is 31.6 Å². The Morgan fingerprint density at radius 1 is 1.33 bits per heavy atom. The van der Waals surface area contributed by atoms with E-state index in [1.165, 1.54) is 11.3 Å². The Hall–Kier alpha value is -0.250. The minimum Gasteiger partial charge on any atom is -0.367 e. The van der Waals surface area contributed by atoms with Crippen LogP contribution >= 0.6 is 27.5 Å². The van der Waals surface area contributed by atoms with E-state index in [1.54, 1.807) is 0 Å². The van der Waals surface area contributed by atoms with Gasteiger partial charge in [0.15, 0.2) is 0 Å². The Kier molecular flexibility index (Phi) is 4.25. The second-order valence-electron chi connectivity index (χ2n) is 5.54. The SMILES string of the molecule is CN1CCN(c2c(Cl)cccc2CBr)CC1(C)C. The highest BCUT2D eigenvalue weighted by Gasteiger charge is 2.32. The van der Waals surface area contributed by atoms with Gasteiger partial charge in [0.05, 0.1) is 10.7 Å². The quantitative estimate of drug-likeness (QED) is 0.761. The summed E-state index contributed by atoms with van der Waals surface area (Å²) in [6, 6.07) is 6.14. The second kappa shape index (κ2) is 5.40. The molecule has 0 aliphatic carbocycles. The van der Waals surface area contributed by atoms with E-state index in [0.29, 0.717) is 0 Å². The van der Waals surface area contributed by atoms with E-state index in [2.05, 4.69) is 52.7 Å². The molecule has 2 nitrogen and oxygen atoms in total. The van der Waals surface area contributed by atoms with Crippen LogP contribution in [0.5, 0.6) is 0 Å². The van der Waals surface area contributed by atoms with E-state index < -0.39 is 0 Å². The number of likely N-dealkylation sites (N-methyl/N-ethyl adjacent to an activating group) is 1. The highest BCUT2D eigenvalue weighted by molar-refractivity contribution is 9.08. The smallest absolute Gasteiger partial charge is 0.0642 e. The average Bonchev–Trinajstić information content (AvgIpc) is 2.32. The Morgan fingerprint density at radius 2 is 2.06 bits per heavy atom. The van der Waals surface area contributed by atoms with Crippen molar-refractivity contribution in [3.8, 4) is 0 Å². The summed E-state index contributed by atoms with van der Waals surface area (Å²) < 4.78 is 0. The minimum atomic E-state index is 0.182. The summed E-state index contributed by atoms with van der Waals surface area (Å²) in [5.74, 6) is 0. The number of piperazine rings is 1. The van der Waals surface area contributed by atoms with Gasteiger partial charge >= 0.3 is 0 Å². The van der Waals surface area contributed by atoms with Crippen molar-refractivity contribution in [3.05, 3.63) is 28.8 Å². The van der Waals surface area contributed by atoms with Crippen molar-refractivity contribution < 1.29 is 0 Å². The Morgan fingerprint density at radius 3 is 2.67 bits per heavy atom. The lowest BCUT2D eigenvalue weighted by Gasteiger charge is -2.46. The summed E-state index contributed by atoms with van der Waals surface area (Å²) in [6.45, 7) is 7.67. The zero-order chi connectivity index (χ0) is 13.3. The molecule has 1 saturated heterocycles. The van der Waals surface area contributed by atoms with Crippen LogP contribution in [-0.4, -0.2) is 37.1 Å². The summed E-state index contributed by atoms with van der Waals surface area (Å²) in [6.07, 6.45) is 0. The molecular formula is C14H20BrClN2. The molecule has 1 heterocycles. The lowest BCUT2D eigenvalue weighted by molar-refractivity contribution is 0.139. The van der Waals surface area contributed by atoms with Crippen molar-refractivity contribution in [2.24, 2.45) is 0 Å². The Balaban J connectivity index is 2.33. The molecule has 1 aliphatic rings. The van der Waals surface area contributed by atoms with E-state index in [4.69, 9.17) is 11.6 Å². The van der Waals surface area contributed by atoms with Gasteiger partial charge in [0.25, 0.3) is 0 Å². The van der Waals surface area contributed by atoms with Gasteiger partial charge < -0.3 is 4.90 Å². The van der Waals surface area contributed by atoms with Gasteiger partial charge in [-0.25, -0.2) is 0 Å². The maximum absolute atomic E-state index is 6.39. The van der Waals surface area contributed by atoms with Crippen molar-refractivity contribution in [1.29, 1.82) is 0 Å². The van der Waals surface area contributed by atoms with Crippen LogP contribution in [0.1, 0.15) is 19.4 Å². The monoisotopic (exact) mass is 330 g/mol. The first kappa shape index (κ1) is 14.2. The first-order chi connectivity index (χ1) is 8.45. The second-order valence-corrected chi connectivity index (χ2v) is 6.50. The lowest BCUT2D eigenvalue weighted by Crippen LogP contribution is -2.57. The zero-order valence-electron chi connectivity index (χ0n) is 11.2. The van der Waals surface area contributed by atoms with Crippen LogP contribution in [-0.2, 0) is 5.33 Å². The fourth-order valence-corrected chi connectivity index (χ4v) is 3.22. The normalized spacial score (nSPS) is 20.2. The van der Waals surface area contributed by atoms with Gasteiger partial charge in [-0.3, -0.25) is 4.90 Å². The number of nitrogens with zero attached hydrogens (tertiary/aromatic N) is 2. The summed E-state index contributed by atoms with van der Waals surface area (Å²) in [5, 5.41) is 1.70. The third-order valence-corrected chi connectivity index (χ3v) is 4.76. The molecular weight excluding hydrogens is 312 g/mol. The number of anilines is 1. The number of rotatable bonds is 2. The first-order valence-corrected chi connectivity index (χ1v) is 7.75. The van der Waals surface area contributed by atoms with E-state index in [0.717, 1.165) is 30.0 Å². The number of hydrogen-bond acceptors (Lipinski definition) is 2. The van der Waals surface area contributed by atoms with E-state index in [-0.39, 0.29) is 5.54 Å². The van der Waals surface area contributed by atoms with Crippen molar-refractivity contribution in [2.45, 2.75) is 24.7 Å². The van der Waals surface area contributed by atoms with Crippen molar-refractivity contribution >= 4 is 33.2 Å². The molecule has 0 spiro atoms. The molecule has 2 rings (SSSR count). The molecule has 4 heteroatoms. The zero-order valence-corrected chi connectivity index (χ0v) is 13.6. The maximum Gasteiger partial charge on any atom is 0.0642 e. The molecule has 0 aromatic heterocycles. The summed E-state index contributed by atoms with van der Waals surface area (Å²) in [4.78, 5) is 4.83. The fraction of sp³-hybridized carbons (Fsp3) is 0.571. The van der Waals surface area contributed by atoms with Crippen LogP contribution in [0.15, 0.2) is 18.2 Å². The van der Waals surface area contributed by atoms with Crippen LogP contribution in [0.25, 0.3) is 0 Å². The standard InChI is InChI=1S/C14H20BrClN2/c1-14(2)10-18(8-7-17(14)3)13-11(9-15)5-4-6-12(13)16/h4-6H,7-10H2,1-3H3. The van der Waals surface area contributed by atoms with Gasteiger partial charge in [-0.1, -0.05) is 39.7 Å². The number of benzene rings is 1. The van der Waals surface area contributed by atoms with Crippen LogP contribution in [0.3, 0.4) is 0 Å². The third kappa shape index (κ3) is 2.68. The largest absolute Gasteiger partial charge is 0.367 e. The molecule has 100 valence electrons. The van der Waals surface area contributed by atoms with Gasteiger partial charge in [-0.2, -0.15) is 0 Å². The molecule has 1 aliphatic heterocycles. The van der Waals surface area contributed by atoms with Crippen LogP contribution in [0, 0.1) is 0 Å². The fourth-order valence-electron chi connectivity index (χ4n) is 2.45. The molecule has 0 N–H and O–H groups in total. The van der Waals surface area contributed by atoms with E-state index in [1.807, 2.05) is 12.1 Å². The Labute approximate surface area is 123 Å². The number of halogens is 2. The maximum atomic E-state index is 6.39.